The summed E-state index contributed by atoms with van der Waals surface area (Å²) in [5.74, 6) is -0.0371. The molecule has 1 amide bonds. The molecule has 0 aliphatic carbocycles. The highest BCUT2D eigenvalue weighted by Crippen LogP contribution is 2.12. The summed E-state index contributed by atoms with van der Waals surface area (Å²) in [5.41, 5.74) is 1.09. The molecule has 0 bridgehead atoms. The van der Waals surface area contributed by atoms with E-state index in [9.17, 15) is 4.79 Å². The van der Waals surface area contributed by atoms with Crippen LogP contribution in [0.2, 0.25) is 0 Å². The summed E-state index contributed by atoms with van der Waals surface area (Å²) in [6.07, 6.45) is 0.945. The molecule has 0 fully saturated rings. The molecule has 96 valence electrons. The molecule has 1 aromatic rings. The lowest BCUT2D eigenvalue weighted by atomic mass is 10.1. The first kappa shape index (κ1) is 14.6. The van der Waals surface area contributed by atoms with Gasteiger partial charge in [-0.05, 0) is 18.9 Å². The summed E-state index contributed by atoms with van der Waals surface area (Å²) in [7, 11) is 1.72. The van der Waals surface area contributed by atoms with Crippen LogP contribution in [-0.2, 0) is 11.2 Å². The van der Waals surface area contributed by atoms with Crippen molar-refractivity contribution in [3.63, 3.8) is 0 Å². The summed E-state index contributed by atoms with van der Waals surface area (Å²) in [4.78, 5) is 13.7. The average Bonchev–Trinajstić information content (AvgIpc) is 2.38. The Morgan fingerprint density at radius 2 is 2.06 bits per heavy atom. The molecule has 0 aromatic heterocycles. The predicted octanol–water partition coefficient (Wildman–Crippen LogP) is 2.29. The monoisotopic (exact) mass is 262 g/mol. The van der Waals surface area contributed by atoms with Gasteiger partial charge in [0.1, 0.15) is 0 Å². The van der Waals surface area contributed by atoms with Crippen molar-refractivity contribution in [1.29, 1.82) is 5.26 Å². The van der Waals surface area contributed by atoms with Crippen LogP contribution in [0.1, 0.15) is 18.9 Å². The number of thiol groups is 1. The van der Waals surface area contributed by atoms with Crippen molar-refractivity contribution in [2.24, 2.45) is 0 Å². The second-order valence-electron chi connectivity index (χ2n) is 4.37. The zero-order chi connectivity index (χ0) is 13.5. The second-order valence-corrected chi connectivity index (χ2v) is 4.99. The Labute approximate surface area is 114 Å². The highest BCUT2D eigenvalue weighted by Gasteiger charge is 2.22. The van der Waals surface area contributed by atoms with Gasteiger partial charge in [-0.3, -0.25) is 4.79 Å². The fraction of sp³-hybridized carbons (Fsp3) is 0.429. The fourth-order valence-electron chi connectivity index (χ4n) is 1.65. The summed E-state index contributed by atoms with van der Waals surface area (Å²) in [6, 6.07) is 11.8. The minimum absolute atomic E-state index is 0.0371. The maximum absolute atomic E-state index is 12.1. The van der Waals surface area contributed by atoms with Crippen LogP contribution in [0.4, 0.5) is 0 Å². The molecule has 1 rings (SSSR count). The van der Waals surface area contributed by atoms with Gasteiger partial charge in [-0.25, -0.2) is 0 Å². The van der Waals surface area contributed by atoms with Crippen molar-refractivity contribution in [1.82, 2.24) is 4.90 Å². The van der Waals surface area contributed by atoms with Gasteiger partial charge in [0.15, 0.2) is 0 Å². The zero-order valence-corrected chi connectivity index (χ0v) is 11.6. The molecule has 1 aromatic carbocycles. The van der Waals surface area contributed by atoms with Crippen LogP contribution in [0.25, 0.3) is 0 Å². The van der Waals surface area contributed by atoms with Crippen LogP contribution in [-0.4, -0.2) is 29.1 Å². The third-order valence-corrected chi connectivity index (χ3v) is 3.36. The van der Waals surface area contributed by atoms with Crippen molar-refractivity contribution < 1.29 is 4.79 Å². The lowest BCUT2D eigenvalue weighted by molar-refractivity contribution is -0.130. The van der Waals surface area contributed by atoms with Crippen molar-refractivity contribution in [2.45, 2.75) is 31.1 Å². The highest BCUT2D eigenvalue weighted by atomic mass is 32.1. The first-order valence-corrected chi connectivity index (χ1v) is 6.43. The number of nitrogens with zero attached hydrogens (tertiary/aromatic N) is 2. The number of carbonyl (C=O) groups is 1. The Balaban J connectivity index is 2.59. The molecule has 2 atom stereocenters. The van der Waals surface area contributed by atoms with E-state index < -0.39 is 0 Å². The van der Waals surface area contributed by atoms with Gasteiger partial charge in [-0.1, -0.05) is 30.3 Å². The number of benzene rings is 1. The summed E-state index contributed by atoms with van der Waals surface area (Å²) in [6.45, 7) is 1.87. The SMILES string of the molecule is CC(CC#N)N(C)C(=O)C(S)Cc1ccccc1. The van der Waals surface area contributed by atoms with Gasteiger partial charge in [0.2, 0.25) is 5.91 Å². The van der Waals surface area contributed by atoms with E-state index in [-0.39, 0.29) is 17.2 Å². The molecule has 0 aliphatic heterocycles. The van der Waals surface area contributed by atoms with Gasteiger partial charge < -0.3 is 4.90 Å². The van der Waals surface area contributed by atoms with Crippen LogP contribution in [0.5, 0.6) is 0 Å². The van der Waals surface area contributed by atoms with E-state index in [4.69, 9.17) is 5.26 Å². The van der Waals surface area contributed by atoms with Crippen LogP contribution in [0, 0.1) is 11.3 Å². The Morgan fingerprint density at radius 1 is 1.44 bits per heavy atom. The smallest absolute Gasteiger partial charge is 0.235 e. The average molecular weight is 262 g/mol. The van der Waals surface area contributed by atoms with E-state index in [2.05, 4.69) is 18.7 Å². The normalized spacial score (nSPS) is 13.4. The van der Waals surface area contributed by atoms with E-state index in [1.807, 2.05) is 37.3 Å². The summed E-state index contributed by atoms with van der Waals surface area (Å²) < 4.78 is 0. The highest BCUT2D eigenvalue weighted by molar-refractivity contribution is 7.81. The van der Waals surface area contributed by atoms with Gasteiger partial charge in [0.05, 0.1) is 17.7 Å². The molecule has 0 saturated heterocycles. The maximum Gasteiger partial charge on any atom is 0.235 e. The molecule has 0 aliphatic rings. The van der Waals surface area contributed by atoms with Crippen molar-refractivity contribution in [3.8, 4) is 6.07 Å². The molecule has 3 nitrogen and oxygen atoms in total. The van der Waals surface area contributed by atoms with E-state index in [1.165, 1.54) is 0 Å². The Kier molecular flexibility index (Phi) is 5.73. The molecule has 4 heteroatoms. The molecular weight excluding hydrogens is 244 g/mol. The Hall–Kier alpha value is -1.47. The molecule has 0 N–H and O–H groups in total. The molecule has 0 saturated carbocycles. The van der Waals surface area contributed by atoms with Crippen LogP contribution in [0.3, 0.4) is 0 Å². The minimum Gasteiger partial charge on any atom is -0.341 e. The van der Waals surface area contributed by atoms with Crippen molar-refractivity contribution >= 4 is 18.5 Å². The lowest BCUT2D eigenvalue weighted by Crippen LogP contribution is -2.40. The molecule has 0 heterocycles. The third kappa shape index (κ3) is 4.08. The topological polar surface area (TPSA) is 44.1 Å². The van der Waals surface area contributed by atoms with Crippen molar-refractivity contribution in [3.05, 3.63) is 35.9 Å². The van der Waals surface area contributed by atoms with E-state index >= 15 is 0 Å². The van der Waals surface area contributed by atoms with E-state index in [0.29, 0.717) is 12.8 Å². The second kappa shape index (κ2) is 7.07. The number of nitriles is 1. The number of hydrogen-bond acceptors (Lipinski definition) is 3. The lowest BCUT2D eigenvalue weighted by Gasteiger charge is -2.25. The molecule has 0 radical (unpaired) electrons. The van der Waals surface area contributed by atoms with Crippen LogP contribution >= 0.6 is 12.6 Å². The number of amides is 1. The van der Waals surface area contributed by atoms with Gasteiger partial charge in [0.25, 0.3) is 0 Å². The number of rotatable bonds is 5. The van der Waals surface area contributed by atoms with E-state index in [0.717, 1.165) is 5.56 Å². The Bertz CT molecular complexity index is 427. The fourth-order valence-corrected chi connectivity index (χ4v) is 2.04. The minimum atomic E-state index is -0.362. The molecule has 0 spiro atoms. The number of hydrogen-bond donors (Lipinski definition) is 1. The molecule has 18 heavy (non-hydrogen) atoms. The number of carbonyl (C=O) groups excluding carboxylic acids is 1. The zero-order valence-electron chi connectivity index (χ0n) is 10.7. The Morgan fingerprint density at radius 3 is 2.61 bits per heavy atom. The molecule has 2 unspecified atom stereocenters. The van der Waals surface area contributed by atoms with Gasteiger partial charge in [-0.2, -0.15) is 17.9 Å². The van der Waals surface area contributed by atoms with Gasteiger partial charge in [0, 0.05) is 13.1 Å². The van der Waals surface area contributed by atoms with Gasteiger partial charge in [-0.15, -0.1) is 0 Å². The van der Waals surface area contributed by atoms with E-state index in [1.54, 1.807) is 11.9 Å². The first-order chi connectivity index (χ1) is 8.56. The maximum atomic E-state index is 12.1. The standard InChI is InChI=1S/C14H18N2OS/c1-11(8-9-15)16(2)14(17)13(18)10-12-6-4-3-5-7-12/h3-7,11,13,18H,8,10H2,1-2H3. The third-order valence-electron chi connectivity index (χ3n) is 2.95. The quantitative estimate of drug-likeness (QED) is 0.827. The largest absolute Gasteiger partial charge is 0.341 e. The summed E-state index contributed by atoms with van der Waals surface area (Å²) >= 11 is 4.36. The summed E-state index contributed by atoms with van der Waals surface area (Å²) in [5, 5.41) is 8.27. The first-order valence-electron chi connectivity index (χ1n) is 5.92. The van der Waals surface area contributed by atoms with Crippen molar-refractivity contribution in [2.75, 3.05) is 7.05 Å². The van der Waals surface area contributed by atoms with Crippen LogP contribution in [0.15, 0.2) is 30.3 Å². The predicted molar refractivity (Wildman–Crippen MR) is 75.4 cm³/mol. The van der Waals surface area contributed by atoms with Gasteiger partial charge >= 0.3 is 0 Å². The molecular formula is C14H18N2OS. The van der Waals surface area contributed by atoms with Crippen LogP contribution < -0.4 is 0 Å².